The van der Waals surface area contributed by atoms with Gasteiger partial charge in [-0.25, -0.2) is 13.4 Å². The number of benzene rings is 1. The van der Waals surface area contributed by atoms with Crippen LogP contribution in [0.4, 0.5) is 0 Å². The number of hydrogen-bond acceptors (Lipinski definition) is 5. The number of rotatable bonds is 3. The molecule has 0 unspecified atom stereocenters. The lowest BCUT2D eigenvalue weighted by Crippen LogP contribution is -2.35. The number of carbonyl (C=O) groups is 1. The van der Waals surface area contributed by atoms with Crippen molar-refractivity contribution in [2.24, 2.45) is 0 Å². The molecule has 0 saturated heterocycles. The summed E-state index contributed by atoms with van der Waals surface area (Å²) in [6.07, 6.45) is 7.38. The van der Waals surface area contributed by atoms with Crippen LogP contribution in [-0.2, 0) is 9.84 Å². The first kappa shape index (κ1) is 16.3. The number of sulfone groups is 1. The summed E-state index contributed by atoms with van der Waals surface area (Å²) in [6.45, 7) is 0. The van der Waals surface area contributed by atoms with Crippen LogP contribution < -0.4 is 5.32 Å². The van der Waals surface area contributed by atoms with Crippen molar-refractivity contribution in [2.75, 3.05) is 5.75 Å². The maximum atomic E-state index is 12.4. The third-order valence-electron chi connectivity index (χ3n) is 4.87. The quantitative estimate of drug-likeness (QED) is 0.909. The lowest BCUT2D eigenvalue weighted by molar-refractivity contribution is 0.0947. The van der Waals surface area contributed by atoms with E-state index in [4.69, 9.17) is 4.42 Å². The molecule has 0 bridgehead atoms. The van der Waals surface area contributed by atoms with Gasteiger partial charge in [0, 0.05) is 16.9 Å². The average Bonchev–Trinajstić information content (AvgIpc) is 3.17. The van der Waals surface area contributed by atoms with Crippen LogP contribution in [0.2, 0.25) is 0 Å². The Morgan fingerprint density at radius 2 is 2.00 bits per heavy atom. The second-order valence-electron chi connectivity index (χ2n) is 6.81. The molecule has 1 aromatic heterocycles. The van der Waals surface area contributed by atoms with E-state index in [0.717, 1.165) is 29.7 Å². The highest BCUT2D eigenvalue weighted by Crippen LogP contribution is 2.33. The lowest BCUT2D eigenvalue weighted by atomic mass is 9.89. The Morgan fingerprint density at radius 3 is 2.72 bits per heavy atom. The van der Waals surface area contributed by atoms with E-state index in [0.29, 0.717) is 17.1 Å². The van der Waals surface area contributed by atoms with E-state index in [1.54, 1.807) is 18.2 Å². The zero-order valence-electron chi connectivity index (χ0n) is 13.8. The van der Waals surface area contributed by atoms with E-state index in [-0.39, 0.29) is 11.7 Å². The fraction of sp³-hybridized carbons (Fsp3) is 0.444. The molecule has 1 aliphatic heterocycles. The van der Waals surface area contributed by atoms with Crippen LogP contribution in [0, 0.1) is 0 Å². The van der Waals surface area contributed by atoms with Gasteiger partial charge in [-0.15, -0.1) is 0 Å². The van der Waals surface area contributed by atoms with Crippen LogP contribution in [0.3, 0.4) is 0 Å². The Labute approximate surface area is 146 Å². The predicted octanol–water partition coefficient (Wildman–Crippen LogP) is 2.92. The number of hydrogen-bond donors (Lipinski definition) is 1. The molecule has 25 heavy (non-hydrogen) atoms. The van der Waals surface area contributed by atoms with Gasteiger partial charge >= 0.3 is 0 Å². The van der Waals surface area contributed by atoms with Gasteiger partial charge in [0.05, 0.1) is 11.8 Å². The van der Waals surface area contributed by atoms with E-state index in [2.05, 4.69) is 10.3 Å². The van der Waals surface area contributed by atoms with Gasteiger partial charge in [-0.1, -0.05) is 19.3 Å². The second kappa shape index (κ2) is 6.29. The van der Waals surface area contributed by atoms with Crippen molar-refractivity contribution in [3.8, 4) is 0 Å². The van der Waals surface area contributed by atoms with E-state index in [1.165, 1.54) is 25.3 Å². The Hall–Kier alpha value is -2.15. The predicted molar refractivity (Wildman–Crippen MR) is 94.0 cm³/mol. The monoisotopic (exact) mass is 360 g/mol. The van der Waals surface area contributed by atoms with Crippen LogP contribution in [0.25, 0.3) is 11.1 Å². The maximum Gasteiger partial charge on any atom is 0.251 e. The molecule has 2 aliphatic rings. The first-order valence-electron chi connectivity index (χ1n) is 8.62. The van der Waals surface area contributed by atoms with Crippen molar-refractivity contribution in [3.05, 3.63) is 41.1 Å². The van der Waals surface area contributed by atoms with E-state index >= 15 is 0 Å². The molecule has 6 nitrogen and oxygen atoms in total. The third-order valence-corrected chi connectivity index (χ3v) is 6.26. The minimum atomic E-state index is -3.19. The molecule has 2 aromatic rings. The van der Waals surface area contributed by atoms with Crippen LogP contribution in [0.15, 0.2) is 34.1 Å². The standard InChI is InChI=1S/C18H20N2O4S/c21-17(19-14-8-9-25(22,23)11-14)13-6-7-15-16(10-13)24-18(20-15)12-4-2-1-3-5-12/h6-10,12,14H,1-5,11H2,(H,19,21)/t14-/m0/s1. The summed E-state index contributed by atoms with van der Waals surface area (Å²) >= 11 is 0. The van der Waals surface area contributed by atoms with Crippen LogP contribution >= 0.6 is 0 Å². The number of oxazole rings is 1. The normalized spacial score (nSPS) is 23.1. The average molecular weight is 360 g/mol. The molecular formula is C18H20N2O4S. The molecular weight excluding hydrogens is 340 g/mol. The van der Waals surface area contributed by atoms with Gasteiger partial charge in [-0.3, -0.25) is 4.79 Å². The lowest BCUT2D eigenvalue weighted by Gasteiger charge is -2.17. The Bertz CT molecular complexity index is 939. The molecule has 1 atom stereocenters. The Morgan fingerprint density at radius 1 is 1.20 bits per heavy atom. The topological polar surface area (TPSA) is 89.3 Å². The van der Waals surface area contributed by atoms with Crippen LogP contribution in [-0.4, -0.2) is 31.1 Å². The smallest absolute Gasteiger partial charge is 0.251 e. The molecule has 1 aromatic carbocycles. The van der Waals surface area contributed by atoms with Gasteiger partial charge in [0.25, 0.3) is 5.91 Å². The fourth-order valence-electron chi connectivity index (χ4n) is 3.53. The number of amides is 1. The summed E-state index contributed by atoms with van der Waals surface area (Å²) in [4.78, 5) is 16.9. The highest BCUT2D eigenvalue weighted by atomic mass is 32.2. The molecule has 1 saturated carbocycles. The van der Waals surface area contributed by atoms with Crippen LogP contribution in [0.1, 0.15) is 54.3 Å². The third kappa shape index (κ3) is 3.46. The highest BCUT2D eigenvalue weighted by molar-refractivity contribution is 7.94. The van der Waals surface area contributed by atoms with E-state index < -0.39 is 15.9 Å². The van der Waals surface area contributed by atoms with Crippen molar-refractivity contribution >= 4 is 26.8 Å². The SMILES string of the molecule is O=C(N[C@H]1C=CS(=O)(=O)C1)c1ccc2nc(C3CCCCC3)oc2c1. The van der Waals surface area contributed by atoms with Crippen molar-refractivity contribution in [1.29, 1.82) is 0 Å². The molecule has 0 radical (unpaired) electrons. The summed E-state index contributed by atoms with van der Waals surface area (Å²) in [6, 6.07) is 4.66. The summed E-state index contributed by atoms with van der Waals surface area (Å²) in [7, 11) is -3.19. The number of aromatic nitrogens is 1. The van der Waals surface area contributed by atoms with E-state index in [9.17, 15) is 13.2 Å². The molecule has 1 fully saturated rings. The molecule has 1 aliphatic carbocycles. The van der Waals surface area contributed by atoms with Crippen molar-refractivity contribution in [3.63, 3.8) is 0 Å². The Balaban J connectivity index is 1.52. The minimum absolute atomic E-state index is 0.0882. The van der Waals surface area contributed by atoms with Gasteiger partial charge in [0.2, 0.25) is 0 Å². The second-order valence-corrected chi connectivity index (χ2v) is 8.74. The summed E-state index contributed by atoms with van der Waals surface area (Å²) < 4.78 is 28.8. The van der Waals surface area contributed by atoms with Crippen molar-refractivity contribution in [2.45, 2.75) is 44.1 Å². The van der Waals surface area contributed by atoms with Crippen molar-refractivity contribution in [1.82, 2.24) is 10.3 Å². The summed E-state index contributed by atoms with van der Waals surface area (Å²) in [5.74, 6) is 0.725. The van der Waals surface area contributed by atoms with Gasteiger partial charge in [0.15, 0.2) is 21.3 Å². The fourth-order valence-corrected chi connectivity index (χ4v) is 4.76. The van der Waals surface area contributed by atoms with Gasteiger partial charge in [0.1, 0.15) is 5.52 Å². The molecule has 2 heterocycles. The first-order valence-corrected chi connectivity index (χ1v) is 10.3. The summed E-state index contributed by atoms with van der Waals surface area (Å²) in [5.41, 5.74) is 1.79. The molecule has 132 valence electrons. The number of carbonyl (C=O) groups excluding carboxylic acids is 1. The summed E-state index contributed by atoms with van der Waals surface area (Å²) in [5, 5.41) is 3.87. The van der Waals surface area contributed by atoms with Crippen molar-refractivity contribution < 1.29 is 17.6 Å². The van der Waals surface area contributed by atoms with Gasteiger partial charge in [-0.2, -0.15) is 0 Å². The zero-order chi connectivity index (χ0) is 17.4. The van der Waals surface area contributed by atoms with Gasteiger partial charge in [-0.05, 0) is 37.1 Å². The Kier molecular flexibility index (Phi) is 4.11. The molecule has 4 rings (SSSR count). The number of fused-ring (bicyclic) bond motifs is 1. The molecule has 1 amide bonds. The number of nitrogens with one attached hydrogen (secondary N) is 1. The largest absolute Gasteiger partial charge is 0.440 e. The zero-order valence-corrected chi connectivity index (χ0v) is 14.6. The van der Waals surface area contributed by atoms with Crippen LogP contribution in [0.5, 0.6) is 0 Å². The molecule has 0 spiro atoms. The maximum absolute atomic E-state index is 12.4. The van der Waals surface area contributed by atoms with E-state index in [1.807, 2.05) is 0 Å². The highest BCUT2D eigenvalue weighted by Gasteiger charge is 2.24. The number of nitrogens with zero attached hydrogens (tertiary/aromatic N) is 1. The molecule has 7 heteroatoms. The first-order chi connectivity index (χ1) is 12.0. The molecule has 1 N–H and O–H groups in total. The minimum Gasteiger partial charge on any atom is -0.440 e. The van der Waals surface area contributed by atoms with Gasteiger partial charge < -0.3 is 9.73 Å².